The predicted octanol–water partition coefficient (Wildman–Crippen LogP) is 3.08. The summed E-state index contributed by atoms with van der Waals surface area (Å²) >= 11 is 0. The molecular formula is C18H22N2O3. The van der Waals surface area contributed by atoms with Gasteiger partial charge in [-0.3, -0.25) is 0 Å². The van der Waals surface area contributed by atoms with Gasteiger partial charge in [0.1, 0.15) is 12.4 Å². The van der Waals surface area contributed by atoms with Crippen molar-refractivity contribution in [2.45, 2.75) is 20.0 Å². The van der Waals surface area contributed by atoms with E-state index >= 15 is 0 Å². The fourth-order valence-electron chi connectivity index (χ4n) is 2.09. The molecule has 0 heterocycles. The Kier molecular flexibility index (Phi) is 6.44. The number of urea groups is 1. The van der Waals surface area contributed by atoms with Gasteiger partial charge in [-0.25, -0.2) is 4.79 Å². The maximum absolute atomic E-state index is 11.7. The number of hydrogen-bond donors (Lipinski definition) is 3. The number of benzene rings is 2. The number of aryl methyl sites for hydroxylation is 1. The highest BCUT2D eigenvalue weighted by Crippen LogP contribution is 2.18. The first-order valence-electron chi connectivity index (χ1n) is 7.61. The number of aliphatic hydroxyl groups excluding tert-OH is 1. The fourth-order valence-corrected chi connectivity index (χ4v) is 2.09. The number of carbonyl (C=O) groups excluding carboxylic acids is 1. The van der Waals surface area contributed by atoms with Crippen LogP contribution < -0.4 is 15.4 Å². The highest BCUT2D eigenvalue weighted by molar-refractivity contribution is 5.89. The van der Waals surface area contributed by atoms with Gasteiger partial charge in [0.2, 0.25) is 0 Å². The minimum absolute atomic E-state index is 0.0581. The van der Waals surface area contributed by atoms with E-state index in [1.54, 1.807) is 12.1 Å². The second kappa shape index (κ2) is 8.80. The maximum atomic E-state index is 11.7. The molecule has 0 aliphatic rings. The average Bonchev–Trinajstić information content (AvgIpc) is 2.54. The number of aliphatic hydroxyl groups is 1. The topological polar surface area (TPSA) is 70.6 Å². The molecular weight excluding hydrogens is 292 g/mol. The van der Waals surface area contributed by atoms with E-state index in [4.69, 9.17) is 9.84 Å². The van der Waals surface area contributed by atoms with Gasteiger partial charge in [0.05, 0.1) is 0 Å². The molecule has 0 saturated heterocycles. The minimum atomic E-state index is -0.297. The van der Waals surface area contributed by atoms with E-state index in [9.17, 15) is 4.79 Å². The molecule has 2 aromatic carbocycles. The third kappa shape index (κ3) is 6.00. The molecule has 0 saturated carbocycles. The fraction of sp³-hybridized carbons (Fsp3) is 0.278. The van der Waals surface area contributed by atoms with Crippen molar-refractivity contribution in [3.63, 3.8) is 0 Å². The molecule has 5 nitrogen and oxygen atoms in total. The summed E-state index contributed by atoms with van der Waals surface area (Å²) in [6, 6.07) is 15.1. The first-order chi connectivity index (χ1) is 11.2. The summed E-state index contributed by atoms with van der Waals surface area (Å²) in [4.78, 5) is 11.7. The minimum Gasteiger partial charge on any atom is -0.489 e. The summed E-state index contributed by atoms with van der Waals surface area (Å²) in [5.41, 5.74) is 2.96. The van der Waals surface area contributed by atoms with Crippen LogP contribution in [-0.2, 0) is 6.61 Å². The Labute approximate surface area is 136 Å². The Bertz CT molecular complexity index is 644. The zero-order valence-electron chi connectivity index (χ0n) is 13.2. The molecule has 23 heavy (non-hydrogen) atoms. The maximum Gasteiger partial charge on any atom is 0.319 e. The third-order valence-corrected chi connectivity index (χ3v) is 3.20. The van der Waals surface area contributed by atoms with E-state index < -0.39 is 0 Å². The first kappa shape index (κ1) is 16.8. The number of anilines is 1. The molecule has 3 N–H and O–H groups in total. The molecule has 0 aliphatic carbocycles. The average molecular weight is 314 g/mol. The number of nitrogens with one attached hydrogen (secondary N) is 2. The largest absolute Gasteiger partial charge is 0.489 e. The van der Waals surface area contributed by atoms with E-state index in [0.717, 1.165) is 5.56 Å². The summed E-state index contributed by atoms with van der Waals surface area (Å²) in [6.45, 7) is 3.02. The van der Waals surface area contributed by atoms with Gasteiger partial charge in [-0.05, 0) is 31.0 Å². The molecule has 2 aromatic rings. The number of amides is 2. The second-order valence-corrected chi connectivity index (χ2v) is 5.26. The van der Waals surface area contributed by atoms with Crippen molar-refractivity contribution < 1.29 is 14.6 Å². The monoisotopic (exact) mass is 314 g/mol. The van der Waals surface area contributed by atoms with Crippen molar-refractivity contribution in [3.05, 3.63) is 59.7 Å². The Balaban J connectivity index is 1.88. The Morgan fingerprint density at radius 2 is 2.00 bits per heavy atom. The van der Waals surface area contributed by atoms with Crippen molar-refractivity contribution in [1.82, 2.24) is 5.32 Å². The Hall–Kier alpha value is -2.53. The van der Waals surface area contributed by atoms with Gasteiger partial charge in [0.25, 0.3) is 0 Å². The molecule has 0 aliphatic heterocycles. The lowest BCUT2D eigenvalue weighted by Crippen LogP contribution is -2.29. The van der Waals surface area contributed by atoms with Crippen LogP contribution in [0.3, 0.4) is 0 Å². The van der Waals surface area contributed by atoms with E-state index in [1.807, 2.05) is 37.3 Å². The van der Waals surface area contributed by atoms with Crippen LogP contribution in [0.15, 0.2) is 48.5 Å². The van der Waals surface area contributed by atoms with E-state index in [1.165, 1.54) is 5.56 Å². The quantitative estimate of drug-likeness (QED) is 0.688. The normalized spacial score (nSPS) is 10.2. The molecule has 0 unspecified atom stereocenters. The standard InChI is InChI=1S/C18H22N2O3/c1-14-5-2-6-15(11-14)13-23-17-8-3-7-16(12-17)20-18(22)19-9-4-10-21/h2-3,5-8,11-12,21H,4,9-10,13H2,1H3,(H2,19,20,22). The van der Waals surface area contributed by atoms with Crippen molar-refractivity contribution >= 4 is 11.7 Å². The van der Waals surface area contributed by atoms with Crippen molar-refractivity contribution in [3.8, 4) is 5.75 Å². The third-order valence-electron chi connectivity index (χ3n) is 3.20. The Morgan fingerprint density at radius 1 is 1.17 bits per heavy atom. The van der Waals surface area contributed by atoms with Crippen LogP contribution in [0.4, 0.5) is 10.5 Å². The molecule has 0 spiro atoms. The summed E-state index contributed by atoms with van der Waals surface area (Å²) in [5.74, 6) is 0.694. The molecule has 2 rings (SSSR count). The van der Waals surface area contributed by atoms with Gasteiger partial charge in [-0.1, -0.05) is 35.9 Å². The molecule has 5 heteroatoms. The zero-order chi connectivity index (χ0) is 16.5. The summed E-state index contributed by atoms with van der Waals surface area (Å²) in [7, 11) is 0. The predicted molar refractivity (Wildman–Crippen MR) is 90.7 cm³/mol. The lowest BCUT2D eigenvalue weighted by Gasteiger charge is -2.10. The van der Waals surface area contributed by atoms with Crippen LogP contribution in [0, 0.1) is 6.92 Å². The highest BCUT2D eigenvalue weighted by Gasteiger charge is 2.03. The number of carbonyl (C=O) groups is 1. The van der Waals surface area contributed by atoms with Gasteiger partial charge in [-0.2, -0.15) is 0 Å². The first-order valence-corrected chi connectivity index (χ1v) is 7.61. The van der Waals surface area contributed by atoms with Crippen LogP contribution >= 0.6 is 0 Å². The number of ether oxygens (including phenoxy) is 1. The van der Waals surface area contributed by atoms with Crippen LogP contribution in [0.25, 0.3) is 0 Å². The molecule has 2 amide bonds. The van der Waals surface area contributed by atoms with Crippen LogP contribution in [0.5, 0.6) is 5.75 Å². The van der Waals surface area contributed by atoms with Crippen LogP contribution in [-0.4, -0.2) is 24.3 Å². The van der Waals surface area contributed by atoms with Gasteiger partial charge < -0.3 is 20.5 Å². The van der Waals surface area contributed by atoms with E-state index in [2.05, 4.69) is 16.7 Å². The van der Waals surface area contributed by atoms with Crippen molar-refractivity contribution in [1.29, 1.82) is 0 Å². The van der Waals surface area contributed by atoms with Gasteiger partial charge >= 0.3 is 6.03 Å². The molecule has 0 bridgehead atoms. The molecule has 0 fully saturated rings. The zero-order valence-corrected chi connectivity index (χ0v) is 13.2. The van der Waals surface area contributed by atoms with Crippen LogP contribution in [0.1, 0.15) is 17.5 Å². The summed E-state index contributed by atoms with van der Waals surface area (Å²) in [6.07, 6.45) is 0.535. The highest BCUT2D eigenvalue weighted by atomic mass is 16.5. The van der Waals surface area contributed by atoms with Gasteiger partial charge in [0.15, 0.2) is 0 Å². The molecule has 0 atom stereocenters. The summed E-state index contributed by atoms with van der Waals surface area (Å²) in [5, 5.41) is 14.1. The smallest absolute Gasteiger partial charge is 0.319 e. The lowest BCUT2D eigenvalue weighted by molar-refractivity contribution is 0.249. The number of rotatable bonds is 7. The number of hydrogen-bond acceptors (Lipinski definition) is 3. The van der Waals surface area contributed by atoms with E-state index in [0.29, 0.717) is 31.0 Å². The molecule has 0 aromatic heterocycles. The van der Waals surface area contributed by atoms with Crippen LogP contribution in [0.2, 0.25) is 0 Å². The lowest BCUT2D eigenvalue weighted by atomic mass is 10.1. The van der Waals surface area contributed by atoms with Gasteiger partial charge in [-0.15, -0.1) is 0 Å². The second-order valence-electron chi connectivity index (χ2n) is 5.26. The van der Waals surface area contributed by atoms with Gasteiger partial charge in [0, 0.05) is 24.9 Å². The van der Waals surface area contributed by atoms with E-state index in [-0.39, 0.29) is 12.6 Å². The van der Waals surface area contributed by atoms with Crippen molar-refractivity contribution in [2.24, 2.45) is 0 Å². The molecule has 122 valence electrons. The van der Waals surface area contributed by atoms with Crippen molar-refractivity contribution in [2.75, 3.05) is 18.5 Å². The summed E-state index contributed by atoms with van der Waals surface area (Å²) < 4.78 is 5.76. The molecule has 0 radical (unpaired) electrons. The SMILES string of the molecule is Cc1cccc(COc2cccc(NC(=O)NCCCO)c2)c1. The Morgan fingerprint density at radius 3 is 2.78 bits per heavy atom.